The van der Waals surface area contributed by atoms with Gasteiger partial charge in [0.1, 0.15) is 6.17 Å². The van der Waals surface area contributed by atoms with Crippen LogP contribution in [0.2, 0.25) is 0 Å². The van der Waals surface area contributed by atoms with Crippen molar-refractivity contribution in [2.45, 2.75) is 32.0 Å². The Kier molecular flexibility index (Phi) is 6.42. The maximum atomic E-state index is 14.0. The highest BCUT2D eigenvalue weighted by Gasteiger charge is 2.44. The van der Waals surface area contributed by atoms with Crippen LogP contribution in [0.5, 0.6) is 0 Å². The fourth-order valence-electron chi connectivity index (χ4n) is 2.46. The third-order valence-corrected chi connectivity index (χ3v) is 3.54. The van der Waals surface area contributed by atoms with Crippen molar-refractivity contribution in [3.8, 4) is 0 Å². The van der Waals surface area contributed by atoms with Crippen LogP contribution in [0.15, 0.2) is 18.1 Å². The van der Waals surface area contributed by atoms with Crippen LogP contribution >= 0.6 is 0 Å². The summed E-state index contributed by atoms with van der Waals surface area (Å²) in [7, 11) is 0. The topological polar surface area (TPSA) is 118 Å². The predicted molar refractivity (Wildman–Crippen MR) is 88.4 cm³/mol. The first kappa shape index (κ1) is 20.0. The van der Waals surface area contributed by atoms with Crippen molar-refractivity contribution >= 4 is 11.7 Å². The number of carbonyl (C=O) groups is 1. The Morgan fingerprint density at radius 2 is 2.23 bits per heavy atom. The minimum atomic E-state index is -2.72. The van der Waals surface area contributed by atoms with E-state index in [-0.39, 0.29) is 31.9 Å². The zero-order chi connectivity index (χ0) is 19.3. The molecule has 1 aromatic rings. The fourth-order valence-corrected chi connectivity index (χ4v) is 2.46. The Bertz CT molecular complexity index is 638. The van der Waals surface area contributed by atoms with Gasteiger partial charge in [0.2, 0.25) is 5.91 Å². The number of nitrogens with two attached hydrogens (primary N) is 2. The number of aromatic nitrogens is 3. The van der Waals surface area contributed by atoms with Gasteiger partial charge >= 0.3 is 0 Å². The van der Waals surface area contributed by atoms with Crippen LogP contribution in [0.25, 0.3) is 0 Å². The molecule has 26 heavy (non-hydrogen) atoms. The minimum Gasteiger partial charge on any atom is -0.401 e. The van der Waals surface area contributed by atoms with Crippen molar-refractivity contribution in [2.75, 3.05) is 31.5 Å². The summed E-state index contributed by atoms with van der Waals surface area (Å²) in [5, 5.41) is 11.2. The average molecular weight is 376 g/mol. The number of rotatable bonds is 9. The van der Waals surface area contributed by atoms with E-state index in [2.05, 4.69) is 15.6 Å². The first-order valence-corrected chi connectivity index (χ1v) is 8.02. The molecular formula is C14H23F3N8O. The third-order valence-electron chi connectivity index (χ3n) is 3.54. The number of nitrogens with one attached hydrogen (secondary N) is 1. The Morgan fingerprint density at radius 3 is 2.85 bits per heavy atom. The fraction of sp³-hybridized carbons (Fsp3) is 0.643. The van der Waals surface area contributed by atoms with E-state index < -0.39 is 31.1 Å². The lowest BCUT2D eigenvalue weighted by Gasteiger charge is -2.37. The van der Waals surface area contributed by atoms with Gasteiger partial charge in [-0.05, 0) is 13.3 Å². The summed E-state index contributed by atoms with van der Waals surface area (Å²) in [6.45, 7) is 0.857. The highest BCUT2D eigenvalue weighted by Crippen LogP contribution is 2.25. The SMILES string of the molecule is C/C(N)=C/N(N)CCC(F)Cn1cc(NC(=O)CN2CC(F)(F)C2)nn1. The smallest absolute Gasteiger partial charge is 0.272 e. The van der Waals surface area contributed by atoms with Gasteiger partial charge in [-0.2, -0.15) is 0 Å². The molecule has 1 amide bonds. The summed E-state index contributed by atoms with van der Waals surface area (Å²) >= 11 is 0. The number of nitrogens with zero attached hydrogens (tertiary/aromatic N) is 5. The molecule has 146 valence electrons. The molecular weight excluding hydrogens is 353 g/mol. The summed E-state index contributed by atoms with van der Waals surface area (Å²) in [6.07, 6.45) is 1.81. The van der Waals surface area contributed by atoms with Crippen molar-refractivity contribution < 1.29 is 18.0 Å². The number of hydrogen-bond donors (Lipinski definition) is 3. The van der Waals surface area contributed by atoms with Crippen molar-refractivity contribution in [1.82, 2.24) is 24.9 Å². The summed E-state index contributed by atoms with van der Waals surface area (Å²) in [6, 6.07) is 0. The molecule has 2 heterocycles. The number of allylic oxidation sites excluding steroid dienone is 1. The molecule has 1 atom stereocenters. The quantitative estimate of drug-likeness (QED) is 0.406. The maximum absolute atomic E-state index is 14.0. The van der Waals surface area contributed by atoms with Crippen LogP contribution in [0, 0.1) is 0 Å². The molecule has 9 nitrogen and oxygen atoms in total. The molecule has 1 aliphatic heterocycles. The summed E-state index contributed by atoms with van der Waals surface area (Å²) < 4.78 is 40.6. The first-order chi connectivity index (χ1) is 12.1. The van der Waals surface area contributed by atoms with Crippen molar-refractivity contribution in [1.29, 1.82) is 0 Å². The Hall–Kier alpha value is -2.34. The lowest BCUT2D eigenvalue weighted by atomic mass is 10.1. The molecule has 0 saturated carbocycles. The van der Waals surface area contributed by atoms with Gasteiger partial charge in [0.05, 0.1) is 32.4 Å². The van der Waals surface area contributed by atoms with E-state index >= 15 is 0 Å². The van der Waals surface area contributed by atoms with Gasteiger partial charge in [0, 0.05) is 18.4 Å². The highest BCUT2D eigenvalue weighted by molar-refractivity contribution is 5.91. The van der Waals surface area contributed by atoms with Crippen LogP contribution < -0.4 is 16.9 Å². The molecule has 1 saturated heterocycles. The molecule has 1 fully saturated rings. The van der Waals surface area contributed by atoms with Crippen LogP contribution in [0.1, 0.15) is 13.3 Å². The number of amides is 1. The second-order valence-electron chi connectivity index (χ2n) is 6.37. The van der Waals surface area contributed by atoms with Crippen LogP contribution in [-0.4, -0.2) is 69.1 Å². The molecule has 1 aromatic heterocycles. The van der Waals surface area contributed by atoms with E-state index in [1.807, 2.05) is 0 Å². The standard InChI is InChI=1S/C14H23F3N8O/c1-10(18)4-24(19)3-2-11(15)5-25-6-12(21-22-25)20-13(26)7-23-8-14(16,17)9-23/h4,6,11H,2-3,5,7-9,18-19H2,1H3,(H,20,26)/b10-4-. The van der Waals surface area contributed by atoms with Crippen molar-refractivity contribution in [2.24, 2.45) is 11.6 Å². The van der Waals surface area contributed by atoms with Crippen LogP contribution in [-0.2, 0) is 11.3 Å². The van der Waals surface area contributed by atoms with Gasteiger partial charge in [-0.3, -0.25) is 9.69 Å². The van der Waals surface area contributed by atoms with E-state index in [4.69, 9.17) is 11.6 Å². The number of halogens is 3. The normalized spacial score (nSPS) is 18.3. The zero-order valence-corrected chi connectivity index (χ0v) is 14.4. The molecule has 0 bridgehead atoms. The van der Waals surface area contributed by atoms with Gasteiger partial charge in [0.25, 0.3) is 5.92 Å². The number of anilines is 1. The summed E-state index contributed by atoms with van der Waals surface area (Å²) in [4.78, 5) is 13.1. The second kappa shape index (κ2) is 8.36. The Balaban J connectivity index is 1.71. The van der Waals surface area contributed by atoms with Gasteiger partial charge in [-0.15, -0.1) is 5.10 Å². The lowest BCUT2D eigenvalue weighted by molar-refractivity contribution is -0.141. The lowest BCUT2D eigenvalue weighted by Crippen LogP contribution is -2.57. The Labute approximate surface area is 148 Å². The first-order valence-electron chi connectivity index (χ1n) is 8.02. The Morgan fingerprint density at radius 1 is 1.54 bits per heavy atom. The minimum absolute atomic E-state index is 0.0552. The molecule has 0 aliphatic carbocycles. The zero-order valence-electron chi connectivity index (χ0n) is 14.4. The molecule has 1 aliphatic rings. The monoisotopic (exact) mass is 376 g/mol. The van der Waals surface area contributed by atoms with Gasteiger partial charge in [0.15, 0.2) is 5.82 Å². The molecule has 12 heteroatoms. The summed E-state index contributed by atoms with van der Waals surface area (Å²) in [5.74, 6) is 2.56. The van der Waals surface area contributed by atoms with Crippen LogP contribution in [0.4, 0.5) is 19.0 Å². The molecule has 2 rings (SSSR count). The number of hydrazine groups is 1. The summed E-state index contributed by atoms with van der Waals surface area (Å²) in [5.41, 5.74) is 5.99. The largest absolute Gasteiger partial charge is 0.401 e. The van der Waals surface area contributed by atoms with Gasteiger partial charge < -0.3 is 16.1 Å². The highest BCUT2D eigenvalue weighted by atomic mass is 19.3. The molecule has 5 N–H and O–H groups in total. The molecule has 1 unspecified atom stereocenters. The van der Waals surface area contributed by atoms with Gasteiger partial charge in [-0.25, -0.2) is 23.7 Å². The number of alkyl halides is 3. The molecule has 0 aromatic carbocycles. The van der Waals surface area contributed by atoms with E-state index in [0.29, 0.717) is 5.70 Å². The predicted octanol–water partition coefficient (Wildman–Crippen LogP) is -0.109. The van der Waals surface area contributed by atoms with E-state index in [9.17, 15) is 18.0 Å². The number of hydrogen-bond acceptors (Lipinski definition) is 7. The number of carbonyl (C=O) groups excluding carboxylic acids is 1. The maximum Gasteiger partial charge on any atom is 0.272 e. The van der Waals surface area contributed by atoms with E-state index in [0.717, 1.165) is 0 Å². The van der Waals surface area contributed by atoms with E-state index in [1.165, 1.54) is 27.0 Å². The van der Waals surface area contributed by atoms with Crippen molar-refractivity contribution in [3.63, 3.8) is 0 Å². The van der Waals surface area contributed by atoms with Crippen LogP contribution in [0.3, 0.4) is 0 Å². The third kappa shape index (κ3) is 6.52. The molecule has 0 spiro atoms. The van der Waals surface area contributed by atoms with Crippen molar-refractivity contribution in [3.05, 3.63) is 18.1 Å². The van der Waals surface area contributed by atoms with Gasteiger partial charge in [-0.1, -0.05) is 5.21 Å². The molecule has 0 radical (unpaired) electrons. The average Bonchev–Trinajstić information content (AvgIpc) is 2.89. The van der Waals surface area contributed by atoms with E-state index in [1.54, 1.807) is 6.92 Å². The second-order valence-corrected chi connectivity index (χ2v) is 6.37. The number of likely N-dealkylation sites (tertiary alicyclic amines) is 1.